The topological polar surface area (TPSA) is 69.9 Å². The van der Waals surface area contributed by atoms with Gasteiger partial charge in [-0.25, -0.2) is 0 Å². The van der Waals surface area contributed by atoms with Gasteiger partial charge in [-0.2, -0.15) is 0 Å². The number of hydrogen-bond acceptors (Lipinski definition) is 4. The fraction of sp³-hybridized carbons (Fsp3) is 1.00. The Hall–Kier alpha value is -0.0951. The first-order valence-corrected chi connectivity index (χ1v) is 4.36. The Kier molecular flexibility index (Phi) is 3.35. The predicted octanol–water partition coefficient (Wildman–Crippen LogP) is -1.31. The van der Waals surface area contributed by atoms with Crippen LogP contribution in [0, 0.1) is 5.92 Å². The van der Waals surface area contributed by atoms with Gasteiger partial charge in [0.15, 0.2) is 0 Å². The zero-order valence-corrected chi connectivity index (χ0v) is 7.68. The molecule has 1 heterocycles. The molecule has 4 atom stereocenters. The zero-order chi connectivity index (χ0) is 10.1. The molecule has 2 radical (unpaired) electrons. The molecule has 1 rings (SSSR count). The molecule has 1 saturated heterocycles. The number of ether oxygens (including phenoxy) is 1. The van der Waals surface area contributed by atoms with E-state index < -0.39 is 18.3 Å². The maximum absolute atomic E-state index is 9.69. The number of aliphatic hydroxyl groups is 3. The predicted molar refractivity (Wildman–Crippen MR) is 47.5 cm³/mol. The smallest absolute Gasteiger partial charge is 0.137 e. The first-order valence-electron chi connectivity index (χ1n) is 4.36. The number of hydrogen-bond donors (Lipinski definition) is 3. The Labute approximate surface area is 78.9 Å². The van der Waals surface area contributed by atoms with Crippen molar-refractivity contribution in [1.82, 2.24) is 0 Å². The molecule has 5 heteroatoms. The van der Waals surface area contributed by atoms with Gasteiger partial charge in [0.05, 0.1) is 33.8 Å². The lowest BCUT2D eigenvalue weighted by atomic mass is 9.71. The highest BCUT2D eigenvalue weighted by atomic mass is 16.5. The highest BCUT2D eigenvalue weighted by Crippen LogP contribution is 2.30. The molecule has 0 bridgehead atoms. The Morgan fingerprint density at radius 2 is 2.31 bits per heavy atom. The molecule has 3 N–H and O–H groups in total. The third-order valence-corrected chi connectivity index (χ3v) is 2.57. The second-order valence-corrected chi connectivity index (χ2v) is 3.74. The van der Waals surface area contributed by atoms with E-state index in [1.165, 1.54) is 0 Å². The molecule has 4 nitrogen and oxygen atoms in total. The molecule has 1 aliphatic heterocycles. The summed E-state index contributed by atoms with van der Waals surface area (Å²) >= 11 is 0. The van der Waals surface area contributed by atoms with Gasteiger partial charge in [0.25, 0.3) is 0 Å². The van der Waals surface area contributed by atoms with Crippen molar-refractivity contribution in [2.45, 2.75) is 24.4 Å². The summed E-state index contributed by atoms with van der Waals surface area (Å²) in [6.45, 7) is 1.49. The molecule has 0 aromatic carbocycles. The number of aliphatic hydroxyl groups excluding tert-OH is 2. The van der Waals surface area contributed by atoms with Gasteiger partial charge in [0.1, 0.15) is 5.60 Å². The Morgan fingerprint density at radius 1 is 1.69 bits per heavy atom. The van der Waals surface area contributed by atoms with Gasteiger partial charge in [-0.1, -0.05) is 12.7 Å². The second kappa shape index (κ2) is 3.96. The van der Waals surface area contributed by atoms with E-state index in [2.05, 4.69) is 0 Å². The van der Waals surface area contributed by atoms with E-state index in [0.29, 0.717) is 6.61 Å². The normalized spacial score (nSPS) is 43.1. The summed E-state index contributed by atoms with van der Waals surface area (Å²) in [5, 5.41) is 28.3. The summed E-state index contributed by atoms with van der Waals surface area (Å²) in [6, 6.07) is 0. The molecule has 0 aliphatic carbocycles. The first kappa shape index (κ1) is 11.0. The van der Waals surface area contributed by atoms with Gasteiger partial charge in [0, 0.05) is 5.92 Å². The van der Waals surface area contributed by atoms with Crippen LogP contribution in [-0.2, 0) is 4.74 Å². The van der Waals surface area contributed by atoms with E-state index in [9.17, 15) is 10.2 Å². The monoisotopic (exact) mass is 186 g/mol. The van der Waals surface area contributed by atoms with Crippen LogP contribution in [0.15, 0.2) is 0 Å². The third kappa shape index (κ3) is 2.04. The second-order valence-electron chi connectivity index (χ2n) is 3.74. The lowest BCUT2D eigenvalue weighted by Crippen LogP contribution is -2.58. The van der Waals surface area contributed by atoms with Gasteiger partial charge >= 0.3 is 0 Å². The van der Waals surface area contributed by atoms with E-state index in [-0.39, 0.29) is 18.3 Å². The lowest BCUT2D eigenvalue weighted by Gasteiger charge is -2.42. The molecule has 0 aromatic heterocycles. The van der Waals surface area contributed by atoms with Crippen LogP contribution in [0.4, 0.5) is 0 Å². The molecular weight excluding hydrogens is 171 g/mol. The highest BCUT2D eigenvalue weighted by molar-refractivity contribution is 6.11. The molecule has 0 aromatic rings. The molecule has 0 spiro atoms. The standard InChI is InChI=1S/C8H15BO4/c1-5(9)6-2-13-4-8(12,3-10)7(6)11/h5-7,10-12H,2-4H2,1H3/t5-,6-,7?,8+/m1/s1. The summed E-state index contributed by atoms with van der Waals surface area (Å²) in [4.78, 5) is 0. The Bertz CT molecular complexity index is 176. The van der Waals surface area contributed by atoms with E-state index in [0.717, 1.165) is 0 Å². The van der Waals surface area contributed by atoms with Crippen LogP contribution in [0.1, 0.15) is 6.92 Å². The molecule has 1 unspecified atom stereocenters. The molecule has 13 heavy (non-hydrogen) atoms. The molecule has 0 saturated carbocycles. The summed E-state index contributed by atoms with van der Waals surface area (Å²) in [5.41, 5.74) is -1.56. The van der Waals surface area contributed by atoms with E-state index in [1.807, 2.05) is 0 Å². The van der Waals surface area contributed by atoms with Gasteiger partial charge in [-0.05, 0) is 0 Å². The fourth-order valence-electron chi connectivity index (χ4n) is 1.53. The van der Waals surface area contributed by atoms with Crippen LogP contribution in [0.5, 0.6) is 0 Å². The van der Waals surface area contributed by atoms with E-state index >= 15 is 0 Å². The average molecular weight is 186 g/mol. The van der Waals surface area contributed by atoms with E-state index in [4.69, 9.17) is 17.7 Å². The molecule has 74 valence electrons. The lowest BCUT2D eigenvalue weighted by molar-refractivity contribution is -0.201. The van der Waals surface area contributed by atoms with Gasteiger partial charge in [0.2, 0.25) is 0 Å². The largest absolute Gasteiger partial charge is 0.393 e. The van der Waals surface area contributed by atoms with Crippen molar-refractivity contribution in [3.63, 3.8) is 0 Å². The van der Waals surface area contributed by atoms with Crippen molar-refractivity contribution < 1.29 is 20.1 Å². The van der Waals surface area contributed by atoms with Crippen LogP contribution >= 0.6 is 0 Å². The minimum absolute atomic E-state index is 0.0477. The number of rotatable bonds is 2. The third-order valence-electron chi connectivity index (χ3n) is 2.57. The Balaban J connectivity index is 2.71. The van der Waals surface area contributed by atoms with Gasteiger partial charge < -0.3 is 20.1 Å². The average Bonchev–Trinajstić information content (AvgIpc) is 2.09. The van der Waals surface area contributed by atoms with Crippen molar-refractivity contribution in [2.75, 3.05) is 19.8 Å². The summed E-state index contributed by atoms with van der Waals surface area (Å²) < 4.78 is 5.07. The maximum atomic E-state index is 9.69. The summed E-state index contributed by atoms with van der Waals surface area (Å²) in [7, 11) is 5.60. The Morgan fingerprint density at radius 3 is 2.77 bits per heavy atom. The van der Waals surface area contributed by atoms with Crippen molar-refractivity contribution in [1.29, 1.82) is 0 Å². The van der Waals surface area contributed by atoms with Crippen LogP contribution in [-0.4, -0.2) is 54.7 Å². The quantitative estimate of drug-likeness (QED) is 0.468. The zero-order valence-electron chi connectivity index (χ0n) is 7.68. The maximum Gasteiger partial charge on any atom is 0.137 e. The highest BCUT2D eigenvalue weighted by Gasteiger charge is 2.44. The van der Waals surface area contributed by atoms with Crippen molar-refractivity contribution in [3.05, 3.63) is 0 Å². The molecule has 1 aliphatic rings. The van der Waals surface area contributed by atoms with Crippen LogP contribution < -0.4 is 0 Å². The van der Waals surface area contributed by atoms with E-state index in [1.54, 1.807) is 6.92 Å². The van der Waals surface area contributed by atoms with Gasteiger partial charge in [-0.15, -0.1) is 0 Å². The van der Waals surface area contributed by atoms with Crippen molar-refractivity contribution >= 4 is 7.85 Å². The molecular formula is C8H15BO4. The summed E-state index contributed by atoms with van der Waals surface area (Å²) in [5.74, 6) is -0.598. The van der Waals surface area contributed by atoms with Crippen LogP contribution in [0.3, 0.4) is 0 Å². The minimum Gasteiger partial charge on any atom is -0.393 e. The van der Waals surface area contributed by atoms with Crippen molar-refractivity contribution in [3.8, 4) is 0 Å². The minimum atomic E-state index is -1.56. The fourth-order valence-corrected chi connectivity index (χ4v) is 1.53. The summed E-state index contributed by atoms with van der Waals surface area (Å²) in [6.07, 6.45) is -1.02. The SMILES string of the molecule is [B][C@H](C)[C@H]1COC[C@@](O)(CO)C1O. The first-order chi connectivity index (χ1) is 6.01. The molecule has 0 amide bonds. The molecule has 1 fully saturated rings. The van der Waals surface area contributed by atoms with Crippen LogP contribution in [0.2, 0.25) is 5.82 Å². The van der Waals surface area contributed by atoms with Gasteiger partial charge in [-0.3, -0.25) is 0 Å². The van der Waals surface area contributed by atoms with Crippen LogP contribution in [0.25, 0.3) is 0 Å². The van der Waals surface area contributed by atoms with Crippen molar-refractivity contribution in [2.24, 2.45) is 5.92 Å².